The maximum absolute atomic E-state index is 6.44. The second-order valence-corrected chi connectivity index (χ2v) is 14.5. The van der Waals surface area contributed by atoms with Crippen LogP contribution in [0.1, 0.15) is 0 Å². The predicted octanol–water partition coefficient (Wildman–Crippen LogP) is 13.0. The fourth-order valence-electron chi connectivity index (χ4n) is 8.56. The van der Waals surface area contributed by atoms with Gasteiger partial charge in [0, 0.05) is 60.4 Å². The molecule has 4 heterocycles. The van der Waals surface area contributed by atoms with Crippen LogP contribution in [0.2, 0.25) is 0 Å². The van der Waals surface area contributed by atoms with Gasteiger partial charge >= 0.3 is 0 Å². The van der Waals surface area contributed by atoms with Gasteiger partial charge in [-0.15, -0.1) is 0 Å². The number of nitrogens with zero attached hydrogens (tertiary/aromatic N) is 5. The highest BCUT2D eigenvalue weighted by atomic mass is 16.3. The third-order valence-electron chi connectivity index (χ3n) is 11.2. The molecule has 0 bridgehead atoms. The van der Waals surface area contributed by atoms with Crippen LogP contribution >= 0.6 is 0 Å². The number of benzene rings is 8. The molecule has 12 aromatic rings. The van der Waals surface area contributed by atoms with Gasteiger partial charge in [0.25, 0.3) is 0 Å². The van der Waals surface area contributed by atoms with E-state index >= 15 is 0 Å². The summed E-state index contributed by atoms with van der Waals surface area (Å²) < 4.78 is 11.2. The zero-order valence-electron chi connectivity index (χ0n) is 30.5. The number of rotatable bonds is 5. The van der Waals surface area contributed by atoms with Crippen molar-refractivity contribution in [1.82, 2.24) is 24.1 Å². The van der Waals surface area contributed by atoms with E-state index in [2.05, 4.69) is 124 Å². The van der Waals surface area contributed by atoms with E-state index in [9.17, 15) is 0 Å². The van der Waals surface area contributed by atoms with E-state index in [1.54, 1.807) is 0 Å². The van der Waals surface area contributed by atoms with Gasteiger partial charge in [0.15, 0.2) is 17.5 Å². The fraction of sp³-hybridized carbons (Fsp3) is 0. The highest BCUT2D eigenvalue weighted by molar-refractivity contribution is 6.13. The van der Waals surface area contributed by atoms with E-state index in [0.717, 1.165) is 61.0 Å². The lowest BCUT2D eigenvalue weighted by Crippen LogP contribution is -2.00. The molecule has 0 fully saturated rings. The molecule has 266 valence electrons. The van der Waals surface area contributed by atoms with Gasteiger partial charge in [-0.25, -0.2) is 15.0 Å². The quantitative estimate of drug-likeness (QED) is 0.177. The zero-order chi connectivity index (χ0) is 37.5. The van der Waals surface area contributed by atoms with Crippen molar-refractivity contribution in [1.29, 1.82) is 0 Å². The summed E-state index contributed by atoms with van der Waals surface area (Å²) in [5, 5.41) is 6.93. The number of furan rings is 1. The summed E-state index contributed by atoms with van der Waals surface area (Å²) in [6.45, 7) is 0. The summed E-state index contributed by atoms with van der Waals surface area (Å²) in [4.78, 5) is 14.9. The molecule has 0 radical (unpaired) electrons. The first-order valence-corrected chi connectivity index (χ1v) is 19.1. The lowest BCUT2D eigenvalue weighted by molar-refractivity contribution is 0.669. The molecule has 0 amide bonds. The van der Waals surface area contributed by atoms with Gasteiger partial charge in [0.05, 0.1) is 22.1 Å². The standard InChI is InChI=1S/C51H31N5O/c1-3-13-32(14-4-1)49-52-50(33-15-5-2-6-16-33)54-51(53-49)34-23-27-47-41(29-34)42-31-36(25-28-48(42)57-47)56-45-22-12-9-19-39(45)40-30-35(24-26-46(40)56)55-43-20-10-7-17-37(43)38-18-8-11-21-44(38)55/h1-31H. The van der Waals surface area contributed by atoms with Crippen molar-refractivity contribution in [3.05, 3.63) is 188 Å². The number of hydrogen-bond donors (Lipinski definition) is 0. The molecule has 6 nitrogen and oxygen atoms in total. The normalized spacial score (nSPS) is 11.9. The molecule has 0 spiro atoms. The molecule has 8 aromatic carbocycles. The summed E-state index contributed by atoms with van der Waals surface area (Å²) in [7, 11) is 0. The Hall–Kier alpha value is -7.83. The maximum atomic E-state index is 6.44. The van der Waals surface area contributed by atoms with Gasteiger partial charge in [-0.3, -0.25) is 0 Å². The van der Waals surface area contributed by atoms with Crippen LogP contribution in [0.4, 0.5) is 0 Å². The van der Waals surface area contributed by atoms with Crippen LogP contribution in [0.5, 0.6) is 0 Å². The summed E-state index contributed by atoms with van der Waals surface area (Å²) in [5.74, 6) is 1.87. The molecule has 0 unspecified atom stereocenters. The molecule has 0 aliphatic rings. The van der Waals surface area contributed by atoms with Crippen LogP contribution in [-0.2, 0) is 0 Å². The second-order valence-electron chi connectivity index (χ2n) is 14.5. The Kier molecular flexibility index (Phi) is 6.83. The Morgan fingerprint density at radius 1 is 0.298 bits per heavy atom. The Balaban J connectivity index is 1.03. The van der Waals surface area contributed by atoms with Gasteiger partial charge in [0.2, 0.25) is 0 Å². The largest absolute Gasteiger partial charge is 0.456 e. The van der Waals surface area contributed by atoms with Crippen molar-refractivity contribution in [3.8, 4) is 45.5 Å². The number of para-hydroxylation sites is 3. The molecule has 6 heteroatoms. The molecule has 0 saturated heterocycles. The molecule has 0 atom stereocenters. The monoisotopic (exact) mass is 729 g/mol. The van der Waals surface area contributed by atoms with E-state index in [0.29, 0.717) is 17.5 Å². The van der Waals surface area contributed by atoms with Crippen molar-refractivity contribution < 1.29 is 4.42 Å². The van der Waals surface area contributed by atoms with Crippen molar-refractivity contribution in [2.45, 2.75) is 0 Å². The van der Waals surface area contributed by atoms with E-state index in [-0.39, 0.29) is 0 Å². The number of aromatic nitrogens is 5. The summed E-state index contributed by atoms with van der Waals surface area (Å²) >= 11 is 0. The Labute approximate surface area is 326 Å². The Morgan fingerprint density at radius 2 is 0.702 bits per heavy atom. The first-order chi connectivity index (χ1) is 28.2. The van der Waals surface area contributed by atoms with Crippen LogP contribution in [0, 0.1) is 0 Å². The molecular weight excluding hydrogens is 699 g/mol. The number of fused-ring (bicyclic) bond motifs is 9. The Bertz CT molecular complexity index is 3410. The summed E-state index contributed by atoms with van der Waals surface area (Å²) in [5.41, 5.74) is 11.3. The fourth-order valence-corrected chi connectivity index (χ4v) is 8.56. The lowest BCUT2D eigenvalue weighted by atomic mass is 10.1. The van der Waals surface area contributed by atoms with Gasteiger partial charge in [-0.2, -0.15) is 0 Å². The third kappa shape index (κ3) is 4.94. The average molecular weight is 730 g/mol. The lowest BCUT2D eigenvalue weighted by Gasteiger charge is -2.10. The Morgan fingerprint density at radius 3 is 1.26 bits per heavy atom. The second kappa shape index (κ2) is 12.3. The van der Waals surface area contributed by atoms with E-state index < -0.39 is 0 Å². The molecule has 57 heavy (non-hydrogen) atoms. The first-order valence-electron chi connectivity index (χ1n) is 19.1. The van der Waals surface area contributed by atoms with Crippen molar-refractivity contribution in [3.63, 3.8) is 0 Å². The SMILES string of the molecule is c1ccc(-c2nc(-c3ccccc3)nc(-c3ccc4oc5ccc(-n6c7ccccc7c7cc(-n8c9ccccc9c9ccccc98)ccc76)cc5c4c3)n2)cc1. The molecule has 12 rings (SSSR count). The minimum Gasteiger partial charge on any atom is -0.456 e. The van der Waals surface area contributed by atoms with Crippen molar-refractivity contribution in [2.24, 2.45) is 0 Å². The molecule has 0 N–H and O–H groups in total. The van der Waals surface area contributed by atoms with Crippen LogP contribution in [0.3, 0.4) is 0 Å². The van der Waals surface area contributed by atoms with E-state index in [4.69, 9.17) is 19.4 Å². The van der Waals surface area contributed by atoms with E-state index in [1.807, 2.05) is 72.8 Å². The van der Waals surface area contributed by atoms with Crippen LogP contribution in [-0.4, -0.2) is 24.1 Å². The maximum Gasteiger partial charge on any atom is 0.164 e. The van der Waals surface area contributed by atoms with Gasteiger partial charge < -0.3 is 13.6 Å². The third-order valence-corrected chi connectivity index (χ3v) is 11.2. The number of hydrogen-bond acceptors (Lipinski definition) is 4. The summed E-state index contributed by atoms with van der Waals surface area (Å²) in [6.07, 6.45) is 0. The molecule has 4 aromatic heterocycles. The van der Waals surface area contributed by atoms with Gasteiger partial charge in [0.1, 0.15) is 11.2 Å². The average Bonchev–Trinajstić information content (AvgIpc) is 3.94. The highest BCUT2D eigenvalue weighted by Gasteiger charge is 2.19. The van der Waals surface area contributed by atoms with Crippen LogP contribution in [0.25, 0.3) is 111 Å². The van der Waals surface area contributed by atoms with Crippen molar-refractivity contribution in [2.75, 3.05) is 0 Å². The zero-order valence-corrected chi connectivity index (χ0v) is 30.5. The molecule has 0 aliphatic carbocycles. The smallest absolute Gasteiger partial charge is 0.164 e. The van der Waals surface area contributed by atoms with Crippen LogP contribution in [0.15, 0.2) is 192 Å². The molecule has 0 saturated carbocycles. The summed E-state index contributed by atoms with van der Waals surface area (Å²) in [6, 6.07) is 65.7. The van der Waals surface area contributed by atoms with E-state index in [1.165, 1.54) is 32.6 Å². The first kappa shape index (κ1) is 31.5. The van der Waals surface area contributed by atoms with Crippen LogP contribution < -0.4 is 0 Å². The molecular formula is C51H31N5O. The van der Waals surface area contributed by atoms with Crippen molar-refractivity contribution >= 4 is 65.6 Å². The van der Waals surface area contributed by atoms with Gasteiger partial charge in [-0.05, 0) is 72.8 Å². The minimum absolute atomic E-state index is 0.608. The molecule has 0 aliphatic heterocycles. The predicted molar refractivity (Wildman–Crippen MR) is 232 cm³/mol. The minimum atomic E-state index is 0.608. The topological polar surface area (TPSA) is 61.7 Å². The highest BCUT2D eigenvalue weighted by Crippen LogP contribution is 2.39. The van der Waals surface area contributed by atoms with Gasteiger partial charge in [-0.1, -0.05) is 115 Å².